The van der Waals surface area contributed by atoms with Crippen molar-refractivity contribution in [1.29, 1.82) is 0 Å². The van der Waals surface area contributed by atoms with E-state index in [1.54, 1.807) is 18.2 Å². The molecule has 0 amide bonds. The van der Waals surface area contributed by atoms with Crippen molar-refractivity contribution in [2.24, 2.45) is 5.73 Å². The smallest absolute Gasteiger partial charge is 0.137 e. The minimum atomic E-state index is -0.281. The topological polar surface area (TPSA) is 26.0 Å². The van der Waals surface area contributed by atoms with Gasteiger partial charge in [0.2, 0.25) is 0 Å². The Morgan fingerprint density at radius 2 is 2.31 bits per heavy atom. The van der Waals surface area contributed by atoms with E-state index in [1.807, 2.05) is 0 Å². The summed E-state index contributed by atoms with van der Waals surface area (Å²) in [6.45, 7) is 3.59. The van der Waals surface area contributed by atoms with Crippen LogP contribution in [0.1, 0.15) is 18.0 Å². The van der Waals surface area contributed by atoms with Gasteiger partial charge in [-0.1, -0.05) is 18.2 Å². The van der Waals surface area contributed by atoms with Gasteiger partial charge in [-0.15, -0.1) is 6.58 Å². The fourth-order valence-electron chi connectivity index (χ4n) is 1.11. The van der Waals surface area contributed by atoms with E-state index in [0.29, 0.717) is 10.9 Å². The summed E-state index contributed by atoms with van der Waals surface area (Å²) in [4.78, 5) is 0. The second kappa shape index (κ2) is 4.53. The Kier molecular flexibility index (Phi) is 3.63. The average molecular weight is 244 g/mol. The van der Waals surface area contributed by atoms with E-state index in [1.165, 1.54) is 6.07 Å². The molecular formula is C10H11BrFN. The maximum absolute atomic E-state index is 13.1. The van der Waals surface area contributed by atoms with E-state index in [2.05, 4.69) is 22.5 Å². The number of nitrogens with two attached hydrogens (primary N) is 1. The van der Waals surface area contributed by atoms with Crippen LogP contribution in [0.25, 0.3) is 0 Å². The summed E-state index contributed by atoms with van der Waals surface area (Å²) in [5.74, 6) is -0.281. The van der Waals surface area contributed by atoms with Gasteiger partial charge in [0.05, 0.1) is 4.47 Å². The second-order valence-electron chi connectivity index (χ2n) is 2.77. The zero-order valence-corrected chi connectivity index (χ0v) is 8.72. The lowest BCUT2D eigenvalue weighted by molar-refractivity contribution is 0.611. The molecule has 0 aliphatic rings. The molecule has 0 aliphatic heterocycles. The van der Waals surface area contributed by atoms with E-state index >= 15 is 0 Å². The Bertz CT molecular complexity index is 312. The van der Waals surface area contributed by atoms with Crippen LogP contribution in [0.2, 0.25) is 0 Å². The molecule has 1 atom stereocenters. The molecule has 1 aromatic carbocycles. The fraction of sp³-hybridized carbons (Fsp3) is 0.200. The molecule has 0 fully saturated rings. The minimum absolute atomic E-state index is 0.192. The second-order valence-corrected chi connectivity index (χ2v) is 3.57. The zero-order chi connectivity index (χ0) is 9.84. The Morgan fingerprint density at radius 3 is 2.92 bits per heavy atom. The van der Waals surface area contributed by atoms with Gasteiger partial charge in [0, 0.05) is 6.04 Å². The van der Waals surface area contributed by atoms with E-state index in [4.69, 9.17) is 5.73 Å². The van der Waals surface area contributed by atoms with E-state index < -0.39 is 0 Å². The van der Waals surface area contributed by atoms with Crippen molar-refractivity contribution in [2.75, 3.05) is 0 Å². The first-order valence-corrected chi connectivity index (χ1v) is 4.76. The first-order chi connectivity index (χ1) is 6.16. The van der Waals surface area contributed by atoms with Gasteiger partial charge in [0.1, 0.15) is 5.82 Å². The predicted molar refractivity (Wildman–Crippen MR) is 55.8 cm³/mol. The van der Waals surface area contributed by atoms with Crippen LogP contribution >= 0.6 is 15.9 Å². The lowest BCUT2D eigenvalue weighted by Gasteiger charge is -2.11. The zero-order valence-electron chi connectivity index (χ0n) is 7.13. The molecule has 1 nitrogen and oxygen atoms in total. The molecule has 0 spiro atoms. The fourth-order valence-corrected chi connectivity index (χ4v) is 1.67. The molecule has 0 radical (unpaired) electrons. The Morgan fingerprint density at radius 1 is 1.62 bits per heavy atom. The molecule has 0 aromatic heterocycles. The Balaban J connectivity index is 3.00. The highest BCUT2D eigenvalue weighted by molar-refractivity contribution is 9.10. The lowest BCUT2D eigenvalue weighted by Crippen LogP contribution is -2.10. The lowest BCUT2D eigenvalue weighted by atomic mass is 10.0. The monoisotopic (exact) mass is 243 g/mol. The van der Waals surface area contributed by atoms with Crippen molar-refractivity contribution in [3.63, 3.8) is 0 Å². The maximum atomic E-state index is 13.1. The average Bonchev–Trinajstić information content (AvgIpc) is 2.10. The largest absolute Gasteiger partial charge is 0.324 e. The van der Waals surface area contributed by atoms with Crippen molar-refractivity contribution in [1.82, 2.24) is 0 Å². The highest BCUT2D eigenvalue weighted by Crippen LogP contribution is 2.26. The number of halogens is 2. The van der Waals surface area contributed by atoms with Gasteiger partial charge in [-0.3, -0.25) is 0 Å². The molecule has 3 heteroatoms. The molecule has 0 bridgehead atoms. The Hall–Kier alpha value is -0.670. The van der Waals surface area contributed by atoms with Crippen LogP contribution in [-0.4, -0.2) is 0 Å². The summed E-state index contributed by atoms with van der Waals surface area (Å²) in [6.07, 6.45) is 2.37. The van der Waals surface area contributed by atoms with Crippen LogP contribution in [0.3, 0.4) is 0 Å². The van der Waals surface area contributed by atoms with Crippen molar-refractivity contribution >= 4 is 15.9 Å². The maximum Gasteiger partial charge on any atom is 0.137 e. The van der Waals surface area contributed by atoms with E-state index in [0.717, 1.165) is 5.56 Å². The van der Waals surface area contributed by atoms with Gasteiger partial charge >= 0.3 is 0 Å². The normalized spacial score (nSPS) is 12.5. The molecule has 0 saturated carbocycles. The molecule has 2 N–H and O–H groups in total. The number of hydrogen-bond acceptors (Lipinski definition) is 1. The summed E-state index contributed by atoms with van der Waals surface area (Å²) >= 11 is 3.16. The summed E-state index contributed by atoms with van der Waals surface area (Å²) in [7, 11) is 0. The van der Waals surface area contributed by atoms with Crippen LogP contribution in [0.4, 0.5) is 4.39 Å². The summed E-state index contributed by atoms with van der Waals surface area (Å²) in [5.41, 5.74) is 6.58. The van der Waals surface area contributed by atoms with Gasteiger partial charge in [-0.05, 0) is 34.0 Å². The van der Waals surface area contributed by atoms with Crippen LogP contribution in [0, 0.1) is 5.82 Å². The molecule has 13 heavy (non-hydrogen) atoms. The molecule has 70 valence electrons. The van der Waals surface area contributed by atoms with Gasteiger partial charge < -0.3 is 5.73 Å². The third-order valence-electron chi connectivity index (χ3n) is 1.80. The van der Waals surface area contributed by atoms with Crippen LogP contribution in [0.5, 0.6) is 0 Å². The third kappa shape index (κ3) is 2.39. The van der Waals surface area contributed by atoms with E-state index in [9.17, 15) is 4.39 Å². The number of rotatable bonds is 3. The first-order valence-electron chi connectivity index (χ1n) is 3.97. The summed E-state index contributed by atoms with van der Waals surface area (Å²) in [6, 6.07) is 4.66. The van der Waals surface area contributed by atoms with Crippen molar-refractivity contribution in [3.8, 4) is 0 Å². The quantitative estimate of drug-likeness (QED) is 0.812. The van der Waals surface area contributed by atoms with E-state index in [-0.39, 0.29) is 11.9 Å². The van der Waals surface area contributed by atoms with Crippen molar-refractivity contribution < 1.29 is 4.39 Å². The minimum Gasteiger partial charge on any atom is -0.324 e. The standard InChI is InChI=1S/C10H11BrFN/c1-2-4-9(13)7-5-3-6-8(12)10(7)11/h2-3,5-6,9H,1,4,13H2. The van der Waals surface area contributed by atoms with Gasteiger partial charge in [0.15, 0.2) is 0 Å². The summed E-state index contributed by atoms with van der Waals surface area (Å²) < 4.78 is 13.5. The van der Waals surface area contributed by atoms with Gasteiger partial charge in [-0.2, -0.15) is 0 Å². The SMILES string of the molecule is C=CCC(N)c1cccc(F)c1Br. The molecular weight excluding hydrogens is 233 g/mol. The van der Waals surface area contributed by atoms with Gasteiger partial charge in [-0.25, -0.2) is 4.39 Å². The molecule has 0 saturated heterocycles. The van der Waals surface area contributed by atoms with Crippen LogP contribution in [-0.2, 0) is 0 Å². The molecule has 1 rings (SSSR count). The molecule has 1 unspecified atom stereocenters. The predicted octanol–water partition coefficient (Wildman–Crippen LogP) is 3.16. The Labute approximate surface area is 85.6 Å². The first kappa shape index (κ1) is 10.4. The highest BCUT2D eigenvalue weighted by Gasteiger charge is 2.10. The third-order valence-corrected chi connectivity index (χ3v) is 2.64. The molecule has 0 heterocycles. The van der Waals surface area contributed by atoms with Crippen molar-refractivity contribution in [2.45, 2.75) is 12.5 Å². The molecule has 0 aliphatic carbocycles. The van der Waals surface area contributed by atoms with Crippen molar-refractivity contribution in [3.05, 3.63) is 46.7 Å². The van der Waals surface area contributed by atoms with Crippen LogP contribution < -0.4 is 5.73 Å². The highest BCUT2D eigenvalue weighted by atomic mass is 79.9. The van der Waals surface area contributed by atoms with Gasteiger partial charge in [0.25, 0.3) is 0 Å². The number of hydrogen-bond donors (Lipinski definition) is 1. The number of benzene rings is 1. The summed E-state index contributed by atoms with van der Waals surface area (Å²) in [5, 5.41) is 0. The van der Waals surface area contributed by atoms with Crippen LogP contribution in [0.15, 0.2) is 35.3 Å². The molecule has 1 aromatic rings.